The predicted molar refractivity (Wildman–Crippen MR) is 60.9 cm³/mol. The molecule has 0 radical (unpaired) electrons. The maximum Gasteiger partial charge on any atom is 0.326 e. The molecule has 0 spiro atoms. The molecule has 17 heavy (non-hydrogen) atoms. The number of nitrogens with zero attached hydrogens (tertiary/aromatic N) is 2. The largest absolute Gasteiger partial charge is 0.480 e. The van der Waals surface area contributed by atoms with Crippen LogP contribution in [0.15, 0.2) is 30.5 Å². The molecule has 0 saturated heterocycles. The number of nitro groups is 1. The number of carboxylic acids is 1. The van der Waals surface area contributed by atoms with Crippen molar-refractivity contribution in [1.29, 1.82) is 0 Å². The van der Waals surface area contributed by atoms with Crippen LogP contribution in [0.2, 0.25) is 0 Å². The first-order chi connectivity index (χ1) is 8.02. The number of rotatable bonds is 3. The highest BCUT2D eigenvalue weighted by atomic mass is 16.6. The molecule has 1 heterocycles. The van der Waals surface area contributed by atoms with E-state index in [0.717, 1.165) is 0 Å². The predicted octanol–water partition coefficient (Wildman–Crippen LogP) is 2.20. The van der Waals surface area contributed by atoms with Crippen LogP contribution in [0.3, 0.4) is 0 Å². The summed E-state index contributed by atoms with van der Waals surface area (Å²) >= 11 is 0. The minimum absolute atomic E-state index is 0.0828. The van der Waals surface area contributed by atoms with Gasteiger partial charge in [0.05, 0.1) is 4.92 Å². The van der Waals surface area contributed by atoms with Gasteiger partial charge in [0.25, 0.3) is 5.69 Å². The van der Waals surface area contributed by atoms with Crippen molar-refractivity contribution in [3.63, 3.8) is 0 Å². The first-order valence-corrected chi connectivity index (χ1v) is 4.99. The molecule has 6 nitrogen and oxygen atoms in total. The van der Waals surface area contributed by atoms with Crippen LogP contribution in [0.5, 0.6) is 0 Å². The third kappa shape index (κ3) is 1.73. The number of benzene rings is 1. The van der Waals surface area contributed by atoms with Crippen LogP contribution >= 0.6 is 0 Å². The zero-order chi connectivity index (χ0) is 12.6. The van der Waals surface area contributed by atoms with Gasteiger partial charge in [-0.1, -0.05) is 12.1 Å². The minimum atomic E-state index is -1.03. The molecule has 0 amide bonds. The molecule has 1 N–H and O–H groups in total. The fourth-order valence-electron chi connectivity index (χ4n) is 1.79. The van der Waals surface area contributed by atoms with Gasteiger partial charge in [0.15, 0.2) is 0 Å². The molecule has 0 aliphatic heterocycles. The van der Waals surface area contributed by atoms with Gasteiger partial charge in [-0.25, -0.2) is 4.79 Å². The summed E-state index contributed by atoms with van der Waals surface area (Å²) in [4.78, 5) is 21.3. The Morgan fingerprint density at radius 1 is 1.47 bits per heavy atom. The van der Waals surface area contributed by atoms with Gasteiger partial charge >= 0.3 is 5.97 Å². The van der Waals surface area contributed by atoms with Gasteiger partial charge in [-0.15, -0.1) is 0 Å². The highest BCUT2D eigenvalue weighted by molar-refractivity contribution is 5.90. The van der Waals surface area contributed by atoms with Crippen LogP contribution in [0.1, 0.15) is 13.0 Å². The second-order valence-corrected chi connectivity index (χ2v) is 3.71. The molecule has 0 fully saturated rings. The number of carbonyl (C=O) groups is 1. The van der Waals surface area contributed by atoms with Crippen molar-refractivity contribution in [2.24, 2.45) is 0 Å². The molecule has 2 rings (SSSR count). The third-order valence-corrected chi connectivity index (χ3v) is 2.69. The molecule has 0 saturated carbocycles. The first-order valence-electron chi connectivity index (χ1n) is 4.99. The Labute approximate surface area is 96.2 Å². The number of nitro benzene ring substituents is 1. The van der Waals surface area contributed by atoms with Crippen LogP contribution in [-0.4, -0.2) is 20.6 Å². The van der Waals surface area contributed by atoms with Crippen LogP contribution in [0.25, 0.3) is 10.9 Å². The lowest BCUT2D eigenvalue weighted by atomic mass is 10.2. The number of hydrogen-bond acceptors (Lipinski definition) is 3. The average molecular weight is 234 g/mol. The molecule has 88 valence electrons. The molecule has 1 aromatic carbocycles. The van der Waals surface area contributed by atoms with Crippen molar-refractivity contribution >= 4 is 22.6 Å². The van der Waals surface area contributed by atoms with E-state index in [1.54, 1.807) is 24.4 Å². The second-order valence-electron chi connectivity index (χ2n) is 3.71. The van der Waals surface area contributed by atoms with Gasteiger partial charge in [-0.3, -0.25) is 10.1 Å². The second kappa shape index (κ2) is 3.89. The number of fused-ring (bicyclic) bond motifs is 1. The highest BCUT2D eigenvalue weighted by Crippen LogP contribution is 2.28. The molecule has 2 aromatic rings. The van der Waals surface area contributed by atoms with Crippen LogP contribution in [-0.2, 0) is 4.79 Å². The van der Waals surface area contributed by atoms with E-state index in [4.69, 9.17) is 5.11 Å². The monoisotopic (exact) mass is 234 g/mol. The van der Waals surface area contributed by atoms with Gasteiger partial charge in [-0.05, 0) is 13.0 Å². The maximum atomic E-state index is 10.9. The number of aromatic nitrogens is 1. The van der Waals surface area contributed by atoms with Gasteiger partial charge in [0.1, 0.15) is 11.6 Å². The van der Waals surface area contributed by atoms with E-state index in [0.29, 0.717) is 10.9 Å². The zero-order valence-electron chi connectivity index (χ0n) is 9.03. The van der Waals surface area contributed by atoms with Crippen molar-refractivity contribution in [2.75, 3.05) is 0 Å². The molecular weight excluding hydrogens is 224 g/mol. The Morgan fingerprint density at radius 2 is 2.18 bits per heavy atom. The van der Waals surface area contributed by atoms with E-state index < -0.39 is 16.9 Å². The van der Waals surface area contributed by atoms with E-state index >= 15 is 0 Å². The molecule has 6 heteroatoms. The van der Waals surface area contributed by atoms with Crippen molar-refractivity contribution in [3.8, 4) is 0 Å². The van der Waals surface area contributed by atoms with Crippen LogP contribution < -0.4 is 0 Å². The van der Waals surface area contributed by atoms with Crippen molar-refractivity contribution in [1.82, 2.24) is 4.57 Å². The fraction of sp³-hybridized carbons (Fsp3) is 0.182. The van der Waals surface area contributed by atoms with E-state index in [2.05, 4.69) is 0 Å². The van der Waals surface area contributed by atoms with E-state index in [9.17, 15) is 14.9 Å². The van der Waals surface area contributed by atoms with Gasteiger partial charge in [0, 0.05) is 17.6 Å². The van der Waals surface area contributed by atoms with Crippen LogP contribution in [0, 0.1) is 10.1 Å². The Morgan fingerprint density at radius 3 is 2.76 bits per heavy atom. The van der Waals surface area contributed by atoms with Crippen molar-refractivity contribution < 1.29 is 14.8 Å². The van der Waals surface area contributed by atoms with Crippen molar-refractivity contribution in [2.45, 2.75) is 13.0 Å². The lowest BCUT2D eigenvalue weighted by molar-refractivity contribution is -0.383. The molecule has 1 unspecified atom stereocenters. The Hall–Kier alpha value is -2.37. The summed E-state index contributed by atoms with van der Waals surface area (Å²) in [5.41, 5.74) is 0.257. The summed E-state index contributed by atoms with van der Waals surface area (Å²) in [5, 5.41) is 20.5. The summed E-state index contributed by atoms with van der Waals surface area (Å²) in [6.45, 7) is 1.48. The molecule has 0 bridgehead atoms. The standard InChI is InChI=1S/C11H10N2O4/c1-7(11(14)15)12-6-5-8-3-2-4-9(10(8)12)13(16)17/h2-7H,1H3,(H,14,15). The summed E-state index contributed by atoms with van der Waals surface area (Å²) in [6, 6.07) is 5.49. The number of carboxylic acid groups (broad SMARTS) is 1. The third-order valence-electron chi connectivity index (χ3n) is 2.69. The number of non-ortho nitro benzene ring substituents is 1. The topological polar surface area (TPSA) is 85.4 Å². The average Bonchev–Trinajstić information content (AvgIpc) is 2.70. The number of para-hydroxylation sites is 1. The maximum absolute atomic E-state index is 10.9. The Bertz CT molecular complexity index is 603. The zero-order valence-corrected chi connectivity index (χ0v) is 9.03. The minimum Gasteiger partial charge on any atom is -0.480 e. The summed E-state index contributed by atoms with van der Waals surface area (Å²) < 4.78 is 1.40. The highest BCUT2D eigenvalue weighted by Gasteiger charge is 2.21. The summed E-state index contributed by atoms with van der Waals surface area (Å²) in [5.74, 6) is -1.03. The lowest BCUT2D eigenvalue weighted by Gasteiger charge is -2.10. The smallest absolute Gasteiger partial charge is 0.326 e. The summed E-state index contributed by atoms with van der Waals surface area (Å²) in [6.07, 6.45) is 1.55. The SMILES string of the molecule is CC(C(=O)O)n1ccc2cccc([N+](=O)[O-])c21. The Kier molecular flexibility index (Phi) is 2.55. The molecule has 0 aliphatic carbocycles. The quantitative estimate of drug-likeness (QED) is 0.651. The van der Waals surface area contributed by atoms with E-state index in [1.165, 1.54) is 17.6 Å². The summed E-state index contributed by atoms with van der Waals surface area (Å²) in [7, 11) is 0. The molecular formula is C11H10N2O4. The van der Waals surface area contributed by atoms with Crippen molar-refractivity contribution in [3.05, 3.63) is 40.6 Å². The van der Waals surface area contributed by atoms with Gasteiger partial charge in [-0.2, -0.15) is 0 Å². The number of aliphatic carboxylic acids is 1. The molecule has 1 aromatic heterocycles. The fourth-order valence-corrected chi connectivity index (χ4v) is 1.79. The van der Waals surface area contributed by atoms with E-state index in [-0.39, 0.29) is 5.69 Å². The molecule has 1 atom stereocenters. The first kappa shape index (κ1) is 11.1. The van der Waals surface area contributed by atoms with E-state index in [1.807, 2.05) is 0 Å². The van der Waals surface area contributed by atoms with Crippen LogP contribution in [0.4, 0.5) is 5.69 Å². The molecule has 0 aliphatic rings. The number of hydrogen-bond donors (Lipinski definition) is 1. The Balaban J connectivity index is 2.73. The van der Waals surface area contributed by atoms with Gasteiger partial charge in [0.2, 0.25) is 0 Å². The lowest BCUT2D eigenvalue weighted by Crippen LogP contribution is -2.14. The van der Waals surface area contributed by atoms with Gasteiger partial charge < -0.3 is 9.67 Å². The normalized spacial score (nSPS) is 12.5.